The summed E-state index contributed by atoms with van der Waals surface area (Å²) >= 11 is 0. The summed E-state index contributed by atoms with van der Waals surface area (Å²) in [5.41, 5.74) is 9.30. The summed E-state index contributed by atoms with van der Waals surface area (Å²) in [7, 11) is 0. The molecule has 0 saturated carbocycles. The third kappa shape index (κ3) is 10.3. The molecule has 212 valence electrons. The molecular weight excluding hydrogens is 480 g/mol. The fraction of sp³-hybridized carbons (Fsp3) is 0.486. The van der Waals surface area contributed by atoms with Gasteiger partial charge in [-0.3, -0.25) is 4.90 Å². The number of benzene rings is 3. The first-order valence-corrected chi connectivity index (χ1v) is 14.9. The van der Waals surface area contributed by atoms with E-state index < -0.39 is 0 Å². The van der Waals surface area contributed by atoms with Crippen molar-refractivity contribution in [3.8, 4) is 11.5 Å². The van der Waals surface area contributed by atoms with Crippen LogP contribution in [0.4, 0.5) is 0 Å². The maximum absolute atomic E-state index is 6.48. The highest BCUT2D eigenvalue weighted by Crippen LogP contribution is 2.38. The minimum absolute atomic E-state index is 0.205. The van der Waals surface area contributed by atoms with Crippen LogP contribution >= 0.6 is 0 Å². The Labute approximate surface area is 237 Å². The Bertz CT molecular complexity index is 1040. The van der Waals surface area contributed by atoms with Gasteiger partial charge in [0.2, 0.25) is 0 Å². The molecule has 0 fully saturated rings. The van der Waals surface area contributed by atoms with Crippen molar-refractivity contribution in [3.05, 3.63) is 95.6 Å². The Balaban J connectivity index is 1.85. The predicted molar refractivity (Wildman–Crippen MR) is 165 cm³/mol. The molecule has 4 nitrogen and oxygen atoms in total. The van der Waals surface area contributed by atoms with Crippen LogP contribution in [0.25, 0.3) is 0 Å². The van der Waals surface area contributed by atoms with Gasteiger partial charge in [-0.2, -0.15) is 0 Å². The summed E-state index contributed by atoms with van der Waals surface area (Å²) in [5, 5.41) is 0. The smallest absolute Gasteiger partial charge is 0.123 e. The van der Waals surface area contributed by atoms with E-state index in [0.29, 0.717) is 18.7 Å². The first-order chi connectivity index (χ1) is 19.0. The maximum Gasteiger partial charge on any atom is 0.123 e. The molecule has 0 heterocycles. The summed E-state index contributed by atoms with van der Waals surface area (Å²) in [6, 6.07) is 28.6. The Kier molecular flexibility index (Phi) is 13.4. The van der Waals surface area contributed by atoms with E-state index in [1.54, 1.807) is 0 Å². The third-order valence-electron chi connectivity index (χ3n) is 7.42. The van der Waals surface area contributed by atoms with Crippen LogP contribution in [-0.4, -0.2) is 36.7 Å². The number of hydrogen-bond donors (Lipinski definition) is 1. The van der Waals surface area contributed by atoms with Gasteiger partial charge in [-0.25, -0.2) is 0 Å². The van der Waals surface area contributed by atoms with E-state index >= 15 is 0 Å². The lowest BCUT2D eigenvalue weighted by molar-refractivity contribution is 0.170. The minimum atomic E-state index is 0.205. The van der Waals surface area contributed by atoms with E-state index in [4.69, 9.17) is 15.2 Å². The number of rotatable bonds is 18. The Morgan fingerprint density at radius 2 is 1.36 bits per heavy atom. The zero-order valence-corrected chi connectivity index (χ0v) is 24.6. The number of hydrogen-bond acceptors (Lipinski definition) is 4. The van der Waals surface area contributed by atoms with E-state index in [9.17, 15) is 0 Å². The minimum Gasteiger partial charge on any atom is -0.494 e. The molecule has 3 aromatic carbocycles. The van der Waals surface area contributed by atoms with Crippen molar-refractivity contribution in [2.45, 2.75) is 90.8 Å². The Morgan fingerprint density at radius 1 is 0.718 bits per heavy atom. The summed E-state index contributed by atoms with van der Waals surface area (Å²) in [5.74, 6) is 2.06. The van der Waals surface area contributed by atoms with Crippen molar-refractivity contribution in [1.82, 2.24) is 4.90 Å². The molecule has 0 bridgehead atoms. The first kappa shape index (κ1) is 30.7. The van der Waals surface area contributed by atoms with Crippen LogP contribution in [0.1, 0.15) is 88.8 Å². The SMILES string of the molecule is CC(C)N(CC[C@H](c1ccccc1)c1cc(OCCCCCCCN)ccc1OCc1ccccc1)C(C)C. The fourth-order valence-corrected chi connectivity index (χ4v) is 5.30. The molecule has 39 heavy (non-hydrogen) atoms. The second-order valence-corrected chi connectivity index (χ2v) is 11.1. The largest absolute Gasteiger partial charge is 0.494 e. The van der Waals surface area contributed by atoms with Gasteiger partial charge in [0.25, 0.3) is 0 Å². The van der Waals surface area contributed by atoms with Gasteiger partial charge in [0.05, 0.1) is 6.61 Å². The zero-order chi connectivity index (χ0) is 27.9. The topological polar surface area (TPSA) is 47.7 Å². The van der Waals surface area contributed by atoms with Gasteiger partial charge in [-0.05, 0) is 89.4 Å². The van der Waals surface area contributed by atoms with Crippen LogP contribution in [-0.2, 0) is 6.61 Å². The van der Waals surface area contributed by atoms with Crippen LogP contribution < -0.4 is 15.2 Å². The lowest BCUT2D eigenvalue weighted by Crippen LogP contribution is -2.38. The highest BCUT2D eigenvalue weighted by molar-refractivity contribution is 5.46. The standard InChI is InChI=1S/C35H50N2O2/c1-28(2)37(29(3)4)24-22-33(31-18-12-9-13-19-31)34-26-32(38-25-15-7-5-6-14-23-36)20-21-35(34)39-27-30-16-10-8-11-17-30/h8-13,16-21,26,28-29,33H,5-7,14-15,22-25,27,36H2,1-4H3/t33-/m1/s1. The molecule has 0 aliphatic heterocycles. The normalized spacial score (nSPS) is 12.3. The lowest BCUT2D eigenvalue weighted by atomic mass is 9.87. The van der Waals surface area contributed by atoms with E-state index in [-0.39, 0.29) is 5.92 Å². The predicted octanol–water partition coefficient (Wildman–Crippen LogP) is 8.19. The van der Waals surface area contributed by atoms with Crippen LogP contribution in [0.3, 0.4) is 0 Å². The van der Waals surface area contributed by atoms with Gasteiger partial charge in [0.1, 0.15) is 18.1 Å². The molecule has 0 spiro atoms. The molecule has 2 N–H and O–H groups in total. The van der Waals surface area contributed by atoms with Crippen molar-refractivity contribution >= 4 is 0 Å². The molecule has 0 saturated heterocycles. The number of unbranched alkanes of at least 4 members (excludes halogenated alkanes) is 4. The fourth-order valence-electron chi connectivity index (χ4n) is 5.30. The van der Waals surface area contributed by atoms with E-state index in [1.165, 1.54) is 36.0 Å². The molecule has 0 aromatic heterocycles. The molecule has 0 radical (unpaired) electrons. The van der Waals surface area contributed by atoms with Gasteiger partial charge >= 0.3 is 0 Å². The van der Waals surface area contributed by atoms with Crippen molar-refractivity contribution in [2.75, 3.05) is 19.7 Å². The van der Waals surface area contributed by atoms with Crippen LogP contribution in [0.2, 0.25) is 0 Å². The quantitative estimate of drug-likeness (QED) is 0.168. The van der Waals surface area contributed by atoms with Crippen molar-refractivity contribution < 1.29 is 9.47 Å². The average Bonchev–Trinajstić information content (AvgIpc) is 2.94. The second kappa shape index (κ2) is 17.0. The molecule has 0 unspecified atom stereocenters. The van der Waals surface area contributed by atoms with Gasteiger partial charge < -0.3 is 15.2 Å². The Morgan fingerprint density at radius 3 is 2.03 bits per heavy atom. The highest BCUT2D eigenvalue weighted by atomic mass is 16.5. The molecule has 3 aromatic rings. The van der Waals surface area contributed by atoms with Crippen molar-refractivity contribution in [1.29, 1.82) is 0 Å². The van der Waals surface area contributed by atoms with E-state index in [2.05, 4.69) is 105 Å². The van der Waals surface area contributed by atoms with E-state index in [1.807, 2.05) is 6.07 Å². The second-order valence-electron chi connectivity index (χ2n) is 11.1. The van der Waals surface area contributed by atoms with Gasteiger partial charge in [0.15, 0.2) is 0 Å². The third-order valence-corrected chi connectivity index (χ3v) is 7.42. The maximum atomic E-state index is 6.48. The van der Waals surface area contributed by atoms with Gasteiger partial charge in [-0.1, -0.05) is 79.9 Å². The zero-order valence-electron chi connectivity index (χ0n) is 24.6. The van der Waals surface area contributed by atoms with Crippen LogP contribution in [0, 0.1) is 0 Å². The summed E-state index contributed by atoms with van der Waals surface area (Å²) in [6.07, 6.45) is 6.78. The lowest BCUT2D eigenvalue weighted by Gasteiger charge is -2.32. The molecule has 3 rings (SSSR count). The van der Waals surface area contributed by atoms with Crippen LogP contribution in [0.5, 0.6) is 11.5 Å². The number of nitrogens with two attached hydrogens (primary N) is 1. The van der Waals surface area contributed by atoms with Crippen molar-refractivity contribution in [2.24, 2.45) is 5.73 Å². The first-order valence-electron chi connectivity index (χ1n) is 14.9. The van der Waals surface area contributed by atoms with Gasteiger partial charge in [-0.15, -0.1) is 0 Å². The monoisotopic (exact) mass is 530 g/mol. The van der Waals surface area contributed by atoms with Gasteiger partial charge in [0, 0.05) is 23.6 Å². The molecule has 0 amide bonds. The summed E-state index contributed by atoms with van der Waals surface area (Å²) in [4.78, 5) is 2.57. The molecule has 0 aliphatic rings. The molecule has 0 aliphatic carbocycles. The molecular formula is C35H50N2O2. The highest BCUT2D eigenvalue weighted by Gasteiger charge is 2.23. The summed E-state index contributed by atoms with van der Waals surface area (Å²) in [6.45, 7) is 12.2. The number of nitrogens with zero attached hydrogens (tertiary/aromatic N) is 1. The number of ether oxygens (including phenoxy) is 2. The average molecular weight is 531 g/mol. The molecule has 1 atom stereocenters. The van der Waals surface area contributed by atoms with Crippen LogP contribution in [0.15, 0.2) is 78.9 Å². The van der Waals surface area contributed by atoms with E-state index in [0.717, 1.165) is 50.5 Å². The molecule has 4 heteroatoms. The summed E-state index contributed by atoms with van der Waals surface area (Å²) < 4.78 is 12.8. The van der Waals surface area contributed by atoms with Crippen molar-refractivity contribution in [3.63, 3.8) is 0 Å². The Hall–Kier alpha value is -2.82.